The van der Waals surface area contributed by atoms with E-state index in [0.29, 0.717) is 0 Å². The average molecular weight is 498 g/mol. The van der Waals surface area contributed by atoms with Crippen LogP contribution in [-0.4, -0.2) is 4.98 Å². The Kier molecular flexibility index (Phi) is 5.75. The van der Waals surface area contributed by atoms with Crippen molar-refractivity contribution in [3.8, 4) is 44.5 Å². The Balaban J connectivity index is 1.49. The Hall–Kier alpha value is -5.01. The number of benzene rings is 6. The molecule has 1 heterocycles. The van der Waals surface area contributed by atoms with Crippen LogP contribution >= 0.6 is 0 Å². The fourth-order valence-corrected chi connectivity index (χ4v) is 5.83. The van der Waals surface area contributed by atoms with Gasteiger partial charge in [-0.1, -0.05) is 121 Å². The molecule has 0 unspecified atom stereocenters. The van der Waals surface area contributed by atoms with E-state index in [1.165, 1.54) is 71.6 Å². The van der Waals surface area contributed by atoms with E-state index in [2.05, 4.69) is 145 Å². The standard InChI is InChI=1S/C38H27N/c1-26-25-39-23-22-32(26)28-18-16-27(17-19-28)31-20-21-35-36(24-31)38(30-12-6-3-7-13-30)34-15-9-8-14-33(34)37(35)29-10-4-2-5-11-29/h2-25H,1H3. The summed E-state index contributed by atoms with van der Waals surface area (Å²) >= 11 is 0. The van der Waals surface area contributed by atoms with E-state index in [-0.39, 0.29) is 0 Å². The zero-order valence-electron chi connectivity index (χ0n) is 21.8. The molecule has 0 bridgehead atoms. The molecule has 0 aliphatic heterocycles. The molecular formula is C38H27N. The Morgan fingerprint density at radius 2 is 0.923 bits per heavy atom. The number of fused-ring (bicyclic) bond motifs is 2. The quantitative estimate of drug-likeness (QED) is 0.220. The van der Waals surface area contributed by atoms with Gasteiger partial charge in [0.15, 0.2) is 0 Å². The molecule has 0 spiro atoms. The number of hydrogen-bond acceptors (Lipinski definition) is 1. The summed E-state index contributed by atoms with van der Waals surface area (Å²) in [6, 6.07) is 48.3. The van der Waals surface area contributed by atoms with Crippen molar-refractivity contribution in [2.45, 2.75) is 6.92 Å². The van der Waals surface area contributed by atoms with E-state index >= 15 is 0 Å². The molecule has 7 aromatic rings. The SMILES string of the molecule is Cc1cnccc1-c1ccc(-c2ccc3c(-c4ccccc4)c4ccccc4c(-c4ccccc4)c3c2)cc1. The zero-order chi connectivity index (χ0) is 26.2. The molecule has 1 nitrogen and oxygen atoms in total. The van der Waals surface area contributed by atoms with Gasteiger partial charge in [-0.2, -0.15) is 0 Å². The van der Waals surface area contributed by atoms with Crippen molar-refractivity contribution in [2.24, 2.45) is 0 Å². The minimum absolute atomic E-state index is 1.18. The number of aromatic nitrogens is 1. The molecule has 7 rings (SSSR count). The third-order valence-corrected chi connectivity index (χ3v) is 7.70. The fourth-order valence-electron chi connectivity index (χ4n) is 5.83. The number of pyridine rings is 1. The van der Waals surface area contributed by atoms with Gasteiger partial charge < -0.3 is 0 Å². The predicted octanol–water partition coefficient (Wildman–Crippen LogP) is 10.4. The molecule has 1 heteroatoms. The maximum atomic E-state index is 4.25. The maximum Gasteiger partial charge on any atom is 0.0303 e. The zero-order valence-corrected chi connectivity index (χ0v) is 21.8. The third kappa shape index (κ3) is 4.09. The van der Waals surface area contributed by atoms with Crippen LogP contribution < -0.4 is 0 Å². The van der Waals surface area contributed by atoms with Gasteiger partial charge in [-0.05, 0) is 90.7 Å². The normalized spacial score (nSPS) is 11.2. The van der Waals surface area contributed by atoms with Gasteiger partial charge in [0.2, 0.25) is 0 Å². The number of hydrogen-bond donors (Lipinski definition) is 0. The van der Waals surface area contributed by atoms with Crippen LogP contribution in [0.15, 0.2) is 146 Å². The van der Waals surface area contributed by atoms with E-state index < -0.39 is 0 Å². The molecule has 0 radical (unpaired) electrons. The lowest BCUT2D eigenvalue weighted by Crippen LogP contribution is -1.91. The van der Waals surface area contributed by atoms with Crippen molar-refractivity contribution >= 4 is 21.5 Å². The summed E-state index contributed by atoms with van der Waals surface area (Å²) in [5.41, 5.74) is 11.1. The first kappa shape index (κ1) is 23.1. The Morgan fingerprint density at radius 1 is 0.410 bits per heavy atom. The Labute approximate surface area is 229 Å². The molecule has 0 aliphatic carbocycles. The van der Waals surface area contributed by atoms with Crippen molar-refractivity contribution < 1.29 is 0 Å². The monoisotopic (exact) mass is 497 g/mol. The molecule has 1 aromatic heterocycles. The van der Waals surface area contributed by atoms with Gasteiger partial charge in [0, 0.05) is 12.4 Å². The van der Waals surface area contributed by atoms with Gasteiger partial charge in [-0.25, -0.2) is 0 Å². The largest absolute Gasteiger partial charge is 0.264 e. The fraction of sp³-hybridized carbons (Fsp3) is 0.0263. The predicted molar refractivity (Wildman–Crippen MR) is 166 cm³/mol. The van der Waals surface area contributed by atoms with Gasteiger partial charge in [0.05, 0.1) is 0 Å². The molecule has 0 atom stereocenters. The molecule has 0 aliphatic rings. The van der Waals surface area contributed by atoms with Gasteiger partial charge in [-0.15, -0.1) is 0 Å². The highest BCUT2D eigenvalue weighted by Gasteiger charge is 2.17. The minimum Gasteiger partial charge on any atom is -0.264 e. The molecule has 39 heavy (non-hydrogen) atoms. The van der Waals surface area contributed by atoms with Crippen LogP contribution in [0.5, 0.6) is 0 Å². The van der Waals surface area contributed by atoms with E-state index in [0.717, 1.165) is 0 Å². The summed E-state index contributed by atoms with van der Waals surface area (Å²) in [5, 5.41) is 5.09. The van der Waals surface area contributed by atoms with E-state index in [9.17, 15) is 0 Å². The lowest BCUT2D eigenvalue weighted by atomic mass is 9.85. The molecule has 0 amide bonds. The molecule has 184 valence electrons. The van der Waals surface area contributed by atoms with Crippen molar-refractivity contribution in [3.63, 3.8) is 0 Å². The molecule has 0 N–H and O–H groups in total. The minimum atomic E-state index is 1.18. The van der Waals surface area contributed by atoms with Crippen LogP contribution in [-0.2, 0) is 0 Å². The van der Waals surface area contributed by atoms with Crippen molar-refractivity contribution in [1.29, 1.82) is 0 Å². The average Bonchev–Trinajstić information content (AvgIpc) is 3.01. The highest BCUT2D eigenvalue weighted by molar-refractivity contribution is 6.21. The summed E-state index contributed by atoms with van der Waals surface area (Å²) in [5.74, 6) is 0. The van der Waals surface area contributed by atoms with Gasteiger partial charge in [-0.3, -0.25) is 4.98 Å². The Bertz CT molecular complexity index is 1940. The van der Waals surface area contributed by atoms with Crippen molar-refractivity contribution in [3.05, 3.63) is 151 Å². The van der Waals surface area contributed by atoms with Gasteiger partial charge >= 0.3 is 0 Å². The van der Waals surface area contributed by atoms with Crippen LogP contribution in [0.2, 0.25) is 0 Å². The van der Waals surface area contributed by atoms with E-state index in [1.807, 2.05) is 12.4 Å². The second-order valence-electron chi connectivity index (χ2n) is 10.1. The number of nitrogens with zero attached hydrogens (tertiary/aromatic N) is 1. The summed E-state index contributed by atoms with van der Waals surface area (Å²) in [4.78, 5) is 4.25. The maximum absolute atomic E-state index is 4.25. The highest BCUT2D eigenvalue weighted by Crippen LogP contribution is 2.44. The lowest BCUT2D eigenvalue weighted by molar-refractivity contribution is 1.27. The Morgan fingerprint density at radius 3 is 1.54 bits per heavy atom. The van der Waals surface area contributed by atoms with E-state index in [4.69, 9.17) is 0 Å². The second kappa shape index (κ2) is 9.70. The summed E-state index contributed by atoms with van der Waals surface area (Å²) in [6.45, 7) is 2.11. The van der Waals surface area contributed by atoms with Crippen LogP contribution in [0.25, 0.3) is 66.1 Å². The van der Waals surface area contributed by atoms with Gasteiger partial charge in [0.25, 0.3) is 0 Å². The first-order valence-corrected chi connectivity index (χ1v) is 13.4. The molecule has 6 aromatic carbocycles. The van der Waals surface area contributed by atoms with Crippen molar-refractivity contribution in [2.75, 3.05) is 0 Å². The van der Waals surface area contributed by atoms with Crippen LogP contribution in [0, 0.1) is 6.92 Å². The summed E-state index contributed by atoms with van der Waals surface area (Å²) in [6.07, 6.45) is 3.78. The first-order valence-electron chi connectivity index (χ1n) is 13.4. The van der Waals surface area contributed by atoms with Crippen molar-refractivity contribution in [1.82, 2.24) is 4.98 Å². The topological polar surface area (TPSA) is 12.9 Å². The van der Waals surface area contributed by atoms with Crippen LogP contribution in [0.1, 0.15) is 5.56 Å². The second-order valence-corrected chi connectivity index (χ2v) is 10.1. The summed E-state index contributed by atoms with van der Waals surface area (Å²) in [7, 11) is 0. The first-order chi connectivity index (χ1) is 19.3. The van der Waals surface area contributed by atoms with Crippen LogP contribution in [0.3, 0.4) is 0 Å². The lowest BCUT2D eigenvalue weighted by Gasteiger charge is -2.18. The molecule has 0 saturated carbocycles. The number of aryl methyl sites for hydroxylation is 1. The summed E-state index contributed by atoms with van der Waals surface area (Å²) < 4.78 is 0. The van der Waals surface area contributed by atoms with Gasteiger partial charge in [0.1, 0.15) is 0 Å². The van der Waals surface area contributed by atoms with Crippen LogP contribution in [0.4, 0.5) is 0 Å². The smallest absolute Gasteiger partial charge is 0.0303 e. The molecular weight excluding hydrogens is 470 g/mol. The molecule has 0 fully saturated rings. The third-order valence-electron chi connectivity index (χ3n) is 7.70. The number of rotatable bonds is 4. The highest BCUT2D eigenvalue weighted by atomic mass is 14.6. The molecule has 0 saturated heterocycles. The van der Waals surface area contributed by atoms with E-state index in [1.54, 1.807) is 0 Å².